The summed E-state index contributed by atoms with van der Waals surface area (Å²) in [5.74, 6) is -2.04. The molecule has 148 valence electrons. The Morgan fingerprint density at radius 3 is 2.48 bits per heavy atom. The number of furan rings is 1. The van der Waals surface area contributed by atoms with Crippen LogP contribution in [-0.2, 0) is 9.53 Å². The Kier molecular flexibility index (Phi) is 6.03. The van der Waals surface area contributed by atoms with E-state index in [1.54, 1.807) is 19.1 Å². The van der Waals surface area contributed by atoms with Gasteiger partial charge in [0, 0.05) is 11.4 Å². The number of anilines is 2. The summed E-state index contributed by atoms with van der Waals surface area (Å²) in [4.78, 5) is 36.2. The van der Waals surface area contributed by atoms with Crippen LogP contribution in [0.1, 0.15) is 26.5 Å². The first-order valence-corrected chi connectivity index (χ1v) is 8.60. The predicted molar refractivity (Wildman–Crippen MR) is 103 cm³/mol. The van der Waals surface area contributed by atoms with Gasteiger partial charge in [0.2, 0.25) is 0 Å². The first-order valence-electron chi connectivity index (χ1n) is 8.60. The first-order chi connectivity index (χ1) is 13.9. The highest BCUT2D eigenvalue weighted by molar-refractivity contribution is 6.03. The molecule has 0 atom stereocenters. The van der Waals surface area contributed by atoms with Gasteiger partial charge in [-0.3, -0.25) is 9.59 Å². The van der Waals surface area contributed by atoms with E-state index in [9.17, 15) is 18.8 Å². The van der Waals surface area contributed by atoms with Crippen LogP contribution in [0.2, 0.25) is 0 Å². The highest BCUT2D eigenvalue weighted by atomic mass is 19.1. The van der Waals surface area contributed by atoms with Gasteiger partial charge >= 0.3 is 5.97 Å². The van der Waals surface area contributed by atoms with Gasteiger partial charge < -0.3 is 19.8 Å². The molecule has 0 saturated heterocycles. The van der Waals surface area contributed by atoms with Crippen LogP contribution in [0.3, 0.4) is 0 Å². The number of esters is 1. The Morgan fingerprint density at radius 1 is 1.03 bits per heavy atom. The van der Waals surface area contributed by atoms with Crippen LogP contribution in [0.5, 0.6) is 0 Å². The van der Waals surface area contributed by atoms with E-state index in [0.717, 1.165) is 5.56 Å². The van der Waals surface area contributed by atoms with E-state index in [2.05, 4.69) is 10.6 Å². The molecule has 7 nitrogen and oxygen atoms in total. The largest absolute Gasteiger partial charge is 0.459 e. The molecule has 3 rings (SSSR count). The van der Waals surface area contributed by atoms with Gasteiger partial charge in [0.1, 0.15) is 5.82 Å². The summed E-state index contributed by atoms with van der Waals surface area (Å²) in [6, 6.07) is 12.9. The number of halogens is 1. The molecule has 1 aromatic heterocycles. The van der Waals surface area contributed by atoms with Crippen LogP contribution >= 0.6 is 0 Å². The highest BCUT2D eigenvalue weighted by Crippen LogP contribution is 2.19. The lowest BCUT2D eigenvalue weighted by Crippen LogP contribution is -2.21. The Hall–Kier alpha value is -3.94. The fourth-order valence-corrected chi connectivity index (χ4v) is 2.42. The van der Waals surface area contributed by atoms with Gasteiger partial charge in [-0.15, -0.1) is 0 Å². The summed E-state index contributed by atoms with van der Waals surface area (Å²) < 4.78 is 22.9. The molecule has 0 aliphatic rings. The number of ether oxygens (including phenoxy) is 1. The van der Waals surface area contributed by atoms with Crippen LogP contribution in [-0.4, -0.2) is 24.4 Å². The second-order valence-electron chi connectivity index (χ2n) is 6.09. The number of benzene rings is 2. The van der Waals surface area contributed by atoms with Gasteiger partial charge in [0.25, 0.3) is 11.8 Å². The topological polar surface area (TPSA) is 97.6 Å². The average molecular weight is 396 g/mol. The molecule has 2 N–H and O–H groups in total. The standard InChI is InChI=1S/C21H17FN2O5/c1-13-4-5-14(11-17(13)24-20(26)18-3-2-10-28-18)21(27)29-12-19(25)23-16-8-6-15(22)7-9-16/h2-11H,12H2,1H3,(H,23,25)(H,24,26). The minimum absolute atomic E-state index is 0.134. The number of amides is 2. The number of carbonyl (C=O) groups excluding carboxylic acids is 3. The summed E-state index contributed by atoms with van der Waals surface area (Å²) >= 11 is 0. The van der Waals surface area contributed by atoms with E-state index in [0.29, 0.717) is 11.4 Å². The van der Waals surface area contributed by atoms with Gasteiger partial charge in [-0.2, -0.15) is 0 Å². The number of nitrogens with one attached hydrogen (secondary N) is 2. The maximum atomic E-state index is 12.9. The molecule has 2 amide bonds. The Labute approximate surface area is 165 Å². The molecule has 0 bridgehead atoms. The Balaban J connectivity index is 1.59. The van der Waals surface area contributed by atoms with Crippen molar-refractivity contribution in [3.8, 4) is 0 Å². The minimum atomic E-state index is -0.729. The van der Waals surface area contributed by atoms with Crippen LogP contribution in [0.15, 0.2) is 65.3 Å². The maximum absolute atomic E-state index is 12.9. The third kappa shape index (κ3) is 5.29. The van der Waals surface area contributed by atoms with Crippen molar-refractivity contribution in [1.29, 1.82) is 0 Å². The molecule has 0 saturated carbocycles. The highest BCUT2D eigenvalue weighted by Gasteiger charge is 2.15. The molecule has 0 spiro atoms. The van der Waals surface area contributed by atoms with Gasteiger partial charge in [-0.1, -0.05) is 6.07 Å². The summed E-state index contributed by atoms with van der Waals surface area (Å²) in [5, 5.41) is 5.15. The fourth-order valence-electron chi connectivity index (χ4n) is 2.42. The second-order valence-corrected chi connectivity index (χ2v) is 6.09. The third-order valence-electron chi connectivity index (χ3n) is 3.93. The van der Waals surface area contributed by atoms with Crippen molar-refractivity contribution in [1.82, 2.24) is 0 Å². The van der Waals surface area contributed by atoms with Crippen molar-refractivity contribution >= 4 is 29.2 Å². The molecule has 1 heterocycles. The van der Waals surface area contributed by atoms with Gasteiger partial charge in [0.05, 0.1) is 11.8 Å². The smallest absolute Gasteiger partial charge is 0.338 e. The quantitative estimate of drug-likeness (QED) is 0.618. The van der Waals surface area contributed by atoms with E-state index >= 15 is 0 Å². The van der Waals surface area contributed by atoms with E-state index in [1.165, 1.54) is 48.7 Å². The van der Waals surface area contributed by atoms with E-state index in [-0.39, 0.29) is 11.3 Å². The molecule has 2 aromatic carbocycles. The SMILES string of the molecule is Cc1ccc(C(=O)OCC(=O)Nc2ccc(F)cc2)cc1NC(=O)c1ccco1. The monoisotopic (exact) mass is 396 g/mol. The average Bonchev–Trinajstić information content (AvgIpc) is 3.24. The van der Waals surface area contributed by atoms with Crippen LogP contribution in [0.25, 0.3) is 0 Å². The van der Waals surface area contributed by atoms with E-state index < -0.39 is 30.2 Å². The molecular formula is C21H17FN2O5. The number of hydrogen-bond donors (Lipinski definition) is 2. The lowest BCUT2D eigenvalue weighted by atomic mass is 10.1. The van der Waals surface area contributed by atoms with Gasteiger partial charge in [0.15, 0.2) is 12.4 Å². The van der Waals surface area contributed by atoms with Crippen LogP contribution in [0, 0.1) is 12.7 Å². The summed E-state index contributed by atoms with van der Waals surface area (Å²) in [6.45, 7) is 1.25. The predicted octanol–water partition coefficient (Wildman–Crippen LogP) is 3.77. The zero-order chi connectivity index (χ0) is 20.8. The van der Waals surface area contributed by atoms with Gasteiger partial charge in [-0.25, -0.2) is 9.18 Å². The molecule has 0 radical (unpaired) electrons. The molecule has 3 aromatic rings. The van der Waals surface area contributed by atoms with Gasteiger partial charge in [-0.05, 0) is 61.0 Å². The minimum Gasteiger partial charge on any atom is -0.459 e. The number of carbonyl (C=O) groups is 3. The fraction of sp³-hybridized carbons (Fsp3) is 0.0952. The van der Waals surface area contributed by atoms with Crippen molar-refractivity contribution in [3.63, 3.8) is 0 Å². The van der Waals surface area contributed by atoms with E-state index in [4.69, 9.17) is 9.15 Å². The first kappa shape index (κ1) is 19.8. The van der Waals surface area contributed by atoms with Crippen molar-refractivity contribution in [3.05, 3.63) is 83.6 Å². The molecule has 0 fully saturated rings. The molecule has 8 heteroatoms. The maximum Gasteiger partial charge on any atom is 0.338 e. The van der Waals surface area contributed by atoms with Crippen molar-refractivity contribution in [2.24, 2.45) is 0 Å². The zero-order valence-electron chi connectivity index (χ0n) is 15.4. The Bertz CT molecular complexity index is 1030. The Morgan fingerprint density at radius 2 is 1.79 bits per heavy atom. The summed E-state index contributed by atoms with van der Waals surface area (Å²) in [6.07, 6.45) is 1.38. The molecule has 0 aliphatic carbocycles. The zero-order valence-corrected chi connectivity index (χ0v) is 15.4. The number of hydrogen-bond acceptors (Lipinski definition) is 5. The molecule has 29 heavy (non-hydrogen) atoms. The molecule has 0 unspecified atom stereocenters. The van der Waals surface area contributed by atoms with Crippen molar-refractivity contribution in [2.75, 3.05) is 17.2 Å². The van der Waals surface area contributed by atoms with E-state index in [1.807, 2.05) is 0 Å². The molecular weight excluding hydrogens is 379 g/mol. The normalized spacial score (nSPS) is 10.3. The summed E-state index contributed by atoms with van der Waals surface area (Å²) in [7, 11) is 0. The van der Waals surface area contributed by atoms with Crippen LogP contribution in [0.4, 0.5) is 15.8 Å². The number of aryl methyl sites for hydroxylation is 1. The molecule has 0 aliphatic heterocycles. The van der Waals surface area contributed by atoms with Crippen molar-refractivity contribution in [2.45, 2.75) is 6.92 Å². The van der Waals surface area contributed by atoms with Crippen LogP contribution < -0.4 is 10.6 Å². The lowest BCUT2D eigenvalue weighted by Gasteiger charge is -2.10. The third-order valence-corrected chi connectivity index (χ3v) is 3.93. The van der Waals surface area contributed by atoms with Crippen molar-refractivity contribution < 1.29 is 27.9 Å². The number of rotatable bonds is 6. The lowest BCUT2D eigenvalue weighted by molar-refractivity contribution is -0.119. The second kappa shape index (κ2) is 8.83. The summed E-state index contributed by atoms with van der Waals surface area (Å²) in [5.41, 5.74) is 1.69.